The van der Waals surface area contributed by atoms with Gasteiger partial charge in [0.1, 0.15) is 6.04 Å². The minimum Gasteiger partial charge on any atom is -0.374 e. The first-order chi connectivity index (χ1) is 9.06. The maximum atomic E-state index is 12.1. The number of rotatable bonds is 4. The van der Waals surface area contributed by atoms with Crippen LogP contribution in [-0.4, -0.2) is 18.0 Å². The molecule has 0 aliphatic heterocycles. The molecule has 0 spiro atoms. The van der Waals surface area contributed by atoms with Gasteiger partial charge >= 0.3 is 0 Å². The minimum atomic E-state index is -0.236. The van der Waals surface area contributed by atoms with Crippen molar-refractivity contribution in [2.75, 3.05) is 5.32 Å². The van der Waals surface area contributed by atoms with E-state index in [1.807, 2.05) is 32.0 Å². The number of nitrogens with one attached hydrogen (secondary N) is 2. The third-order valence-electron chi connectivity index (χ3n) is 3.66. The van der Waals surface area contributed by atoms with Crippen LogP contribution in [0.3, 0.4) is 0 Å². The van der Waals surface area contributed by atoms with Crippen LogP contribution in [0.25, 0.3) is 0 Å². The van der Waals surface area contributed by atoms with Gasteiger partial charge < -0.3 is 10.6 Å². The Morgan fingerprint density at radius 1 is 1.37 bits per heavy atom. The zero-order valence-corrected chi connectivity index (χ0v) is 12.3. The van der Waals surface area contributed by atoms with Crippen molar-refractivity contribution >= 4 is 23.2 Å². The standard InChI is InChI=1S/C15H21ClN2O/c1-10-9-12(16)7-8-14(10)17-11(2)15(19)18-13-5-3-4-6-13/h7-9,11,13,17H,3-6H2,1-2H3,(H,18,19). The van der Waals surface area contributed by atoms with Crippen LogP contribution in [-0.2, 0) is 4.79 Å². The lowest BCUT2D eigenvalue weighted by Gasteiger charge is -2.19. The third kappa shape index (κ3) is 3.87. The molecule has 4 heteroatoms. The summed E-state index contributed by atoms with van der Waals surface area (Å²) in [6.07, 6.45) is 4.67. The van der Waals surface area contributed by atoms with Crippen molar-refractivity contribution in [2.24, 2.45) is 0 Å². The second kappa shape index (κ2) is 6.29. The van der Waals surface area contributed by atoms with Gasteiger partial charge in [0.2, 0.25) is 5.91 Å². The van der Waals surface area contributed by atoms with E-state index in [1.54, 1.807) is 0 Å². The average Bonchev–Trinajstić information content (AvgIpc) is 2.85. The van der Waals surface area contributed by atoms with Crippen molar-refractivity contribution in [1.82, 2.24) is 5.32 Å². The van der Waals surface area contributed by atoms with Crippen LogP contribution in [0.1, 0.15) is 38.2 Å². The van der Waals surface area contributed by atoms with Crippen molar-refractivity contribution in [2.45, 2.75) is 51.6 Å². The highest BCUT2D eigenvalue weighted by atomic mass is 35.5. The summed E-state index contributed by atoms with van der Waals surface area (Å²) >= 11 is 5.92. The van der Waals surface area contributed by atoms with Gasteiger partial charge in [-0.2, -0.15) is 0 Å². The van der Waals surface area contributed by atoms with Crippen molar-refractivity contribution in [3.05, 3.63) is 28.8 Å². The van der Waals surface area contributed by atoms with E-state index in [1.165, 1.54) is 12.8 Å². The molecular weight excluding hydrogens is 260 g/mol. The molecule has 0 heterocycles. The lowest BCUT2D eigenvalue weighted by molar-refractivity contribution is -0.122. The molecule has 1 aromatic carbocycles. The van der Waals surface area contributed by atoms with E-state index in [-0.39, 0.29) is 11.9 Å². The van der Waals surface area contributed by atoms with E-state index in [9.17, 15) is 4.79 Å². The fourth-order valence-electron chi connectivity index (χ4n) is 2.48. The highest BCUT2D eigenvalue weighted by molar-refractivity contribution is 6.30. The maximum Gasteiger partial charge on any atom is 0.242 e. The highest BCUT2D eigenvalue weighted by Crippen LogP contribution is 2.21. The van der Waals surface area contributed by atoms with Crippen LogP contribution in [0.5, 0.6) is 0 Å². The zero-order valence-electron chi connectivity index (χ0n) is 11.5. The molecule has 1 aliphatic carbocycles. The molecule has 1 aliphatic rings. The average molecular weight is 281 g/mol. The number of hydrogen-bond donors (Lipinski definition) is 2. The predicted molar refractivity (Wildman–Crippen MR) is 79.7 cm³/mol. The molecule has 1 aromatic rings. The van der Waals surface area contributed by atoms with Crippen LogP contribution in [0, 0.1) is 6.92 Å². The fraction of sp³-hybridized carbons (Fsp3) is 0.533. The van der Waals surface area contributed by atoms with E-state index in [0.29, 0.717) is 11.1 Å². The number of hydrogen-bond acceptors (Lipinski definition) is 2. The Balaban J connectivity index is 1.92. The van der Waals surface area contributed by atoms with Crippen LogP contribution < -0.4 is 10.6 Å². The molecule has 0 aromatic heterocycles. The van der Waals surface area contributed by atoms with Crippen LogP contribution in [0.2, 0.25) is 5.02 Å². The molecule has 2 rings (SSSR count). The quantitative estimate of drug-likeness (QED) is 0.886. The van der Waals surface area contributed by atoms with Crippen molar-refractivity contribution in [1.29, 1.82) is 0 Å². The Bertz CT molecular complexity index is 455. The van der Waals surface area contributed by atoms with Gasteiger partial charge in [-0.05, 0) is 50.5 Å². The summed E-state index contributed by atoms with van der Waals surface area (Å²) in [5.41, 5.74) is 2.01. The Kier molecular flexibility index (Phi) is 4.70. The SMILES string of the molecule is Cc1cc(Cl)ccc1NC(C)C(=O)NC1CCCC1. The number of anilines is 1. The van der Waals surface area contributed by atoms with E-state index in [4.69, 9.17) is 11.6 Å². The normalized spacial score (nSPS) is 17.2. The Morgan fingerprint density at radius 3 is 2.68 bits per heavy atom. The molecule has 3 nitrogen and oxygen atoms in total. The molecular formula is C15H21ClN2O. The van der Waals surface area contributed by atoms with Gasteiger partial charge in [0.05, 0.1) is 0 Å². The molecule has 0 bridgehead atoms. The molecule has 19 heavy (non-hydrogen) atoms. The molecule has 0 saturated heterocycles. The molecule has 1 saturated carbocycles. The second-order valence-electron chi connectivity index (χ2n) is 5.32. The molecule has 1 fully saturated rings. The lowest BCUT2D eigenvalue weighted by Crippen LogP contribution is -2.42. The maximum absolute atomic E-state index is 12.1. The number of carbonyl (C=O) groups is 1. The summed E-state index contributed by atoms with van der Waals surface area (Å²) in [4.78, 5) is 12.1. The van der Waals surface area contributed by atoms with Gasteiger partial charge in [-0.1, -0.05) is 24.4 Å². The van der Waals surface area contributed by atoms with Crippen LogP contribution in [0.15, 0.2) is 18.2 Å². The van der Waals surface area contributed by atoms with Gasteiger partial charge in [-0.15, -0.1) is 0 Å². The topological polar surface area (TPSA) is 41.1 Å². The molecule has 2 N–H and O–H groups in total. The van der Waals surface area contributed by atoms with Crippen LogP contribution >= 0.6 is 11.6 Å². The Hall–Kier alpha value is -1.22. The summed E-state index contributed by atoms with van der Waals surface area (Å²) < 4.78 is 0. The number of aryl methyl sites for hydroxylation is 1. The van der Waals surface area contributed by atoms with Gasteiger partial charge in [-0.3, -0.25) is 4.79 Å². The fourth-order valence-corrected chi connectivity index (χ4v) is 2.71. The first-order valence-corrected chi connectivity index (χ1v) is 7.27. The molecule has 0 radical (unpaired) electrons. The van der Waals surface area contributed by atoms with Gasteiger partial charge in [0, 0.05) is 16.8 Å². The first-order valence-electron chi connectivity index (χ1n) is 6.89. The molecule has 1 amide bonds. The Morgan fingerprint density at radius 2 is 2.05 bits per heavy atom. The zero-order chi connectivity index (χ0) is 13.8. The Labute approximate surface area is 119 Å². The van der Waals surface area contributed by atoms with E-state index >= 15 is 0 Å². The van der Waals surface area contributed by atoms with Crippen LogP contribution in [0.4, 0.5) is 5.69 Å². The largest absolute Gasteiger partial charge is 0.374 e. The van der Waals surface area contributed by atoms with Crippen molar-refractivity contribution in [3.8, 4) is 0 Å². The number of amides is 1. The summed E-state index contributed by atoms with van der Waals surface area (Å²) in [5, 5.41) is 7.06. The molecule has 1 atom stereocenters. The number of benzene rings is 1. The number of halogens is 1. The summed E-state index contributed by atoms with van der Waals surface area (Å²) in [7, 11) is 0. The summed E-state index contributed by atoms with van der Waals surface area (Å²) in [6, 6.07) is 5.77. The molecule has 1 unspecified atom stereocenters. The van der Waals surface area contributed by atoms with Gasteiger partial charge in [-0.25, -0.2) is 0 Å². The lowest BCUT2D eigenvalue weighted by atomic mass is 10.1. The van der Waals surface area contributed by atoms with E-state index in [0.717, 1.165) is 24.1 Å². The third-order valence-corrected chi connectivity index (χ3v) is 3.89. The summed E-state index contributed by atoms with van der Waals surface area (Å²) in [5.74, 6) is 0.0706. The second-order valence-corrected chi connectivity index (χ2v) is 5.75. The van der Waals surface area contributed by atoms with Crippen molar-refractivity contribution < 1.29 is 4.79 Å². The highest BCUT2D eigenvalue weighted by Gasteiger charge is 2.20. The molecule has 104 valence electrons. The number of carbonyl (C=O) groups excluding carboxylic acids is 1. The van der Waals surface area contributed by atoms with E-state index in [2.05, 4.69) is 10.6 Å². The summed E-state index contributed by atoms with van der Waals surface area (Å²) in [6.45, 7) is 3.87. The van der Waals surface area contributed by atoms with Gasteiger partial charge in [0.25, 0.3) is 0 Å². The van der Waals surface area contributed by atoms with Crippen molar-refractivity contribution in [3.63, 3.8) is 0 Å². The monoisotopic (exact) mass is 280 g/mol. The first kappa shape index (κ1) is 14.2. The van der Waals surface area contributed by atoms with E-state index < -0.39 is 0 Å². The predicted octanol–water partition coefficient (Wildman–Crippen LogP) is 3.51. The minimum absolute atomic E-state index is 0.0706. The van der Waals surface area contributed by atoms with Gasteiger partial charge in [0.15, 0.2) is 0 Å². The smallest absolute Gasteiger partial charge is 0.242 e.